The van der Waals surface area contributed by atoms with Crippen LogP contribution in [0.4, 0.5) is 5.69 Å². The molecule has 168 valence electrons. The van der Waals surface area contributed by atoms with Gasteiger partial charge in [0.15, 0.2) is 9.84 Å². The molecule has 0 radical (unpaired) electrons. The summed E-state index contributed by atoms with van der Waals surface area (Å²) in [7, 11) is -3.67. The number of carboxylic acids is 1. The van der Waals surface area contributed by atoms with Crippen molar-refractivity contribution in [3.05, 3.63) is 91.2 Å². The summed E-state index contributed by atoms with van der Waals surface area (Å²) in [5.74, 6) is -1.59. The molecule has 2 N–H and O–H groups in total. The van der Waals surface area contributed by atoms with Crippen molar-refractivity contribution in [1.82, 2.24) is 0 Å². The van der Waals surface area contributed by atoms with Crippen LogP contribution >= 0.6 is 43.6 Å². The Labute approximate surface area is 211 Å². The number of anilines is 1. The van der Waals surface area contributed by atoms with Gasteiger partial charge in [0.2, 0.25) is 0 Å². The van der Waals surface area contributed by atoms with Crippen LogP contribution < -0.4 is 5.32 Å². The van der Waals surface area contributed by atoms with E-state index in [1.807, 2.05) is 6.07 Å². The third-order valence-electron chi connectivity index (χ3n) is 4.85. The van der Waals surface area contributed by atoms with Crippen LogP contribution in [0, 0.1) is 0 Å². The van der Waals surface area contributed by atoms with Gasteiger partial charge in [-0.15, -0.1) is 0 Å². The molecule has 0 saturated carbocycles. The molecule has 3 aromatic rings. The Bertz CT molecular complexity index is 1400. The zero-order valence-corrected chi connectivity index (χ0v) is 21.5. The molecule has 3 aromatic carbocycles. The van der Waals surface area contributed by atoms with Gasteiger partial charge in [-0.3, -0.25) is 4.79 Å². The number of hydrogen-bond donors (Lipinski definition) is 2. The number of benzene rings is 3. The van der Waals surface area contributed by atoms with Gasteiger partial charge in [0.25, 0.3) is 5.91 Å². The number of carbonyl (C=O) groups is 2. The lowest BCUT2D eigenvalue weighted by atomic mass is 10.1. The molecule has 1 heterocycles. The second kappa shape index (κ2) is 9.46. The second-order valence-electron chi connectivity index (χ2n) is 7.11. The van der Waals surface area contributed by atoms with E-state index < -0.39 is 15.8 Å². The fraction of sp³-hybridized carbons (Fsp3) is 0.0435. The number of carbonyl (C=O) groups excluding carboxylic acids is 1. The highest BCUT2D eigenvalue weighted by molar-refractivity contribution is 9.11. The molecule has 1 aliphatic heterocycles. The smallest absolute Gasteiger partial charge is 0.335 e. The quantitative estimate of drug-likeness (QED) is 0.346. The van der Waals surface area contributed by atoms with Crippen molar-refractivity contribution in [2.75, 3.05) is 5.32 Å². The average Bonchev–Trinajstić information content (AvgIpc) is 2.77. The van der Waals surface area contributed by atoms with Crippen molar-refractivity contribution in [2.45, 2.75) is 15.5 Å². The maximum absolute atomic E-state index is 13.0. The van der Waals surface area contributed by atoms with Crippen molar-refractivity contribution in [2.24, 2.45) is 0 Å². The summed E-state index contributed by atoms with van der Waals surface area (Å²) in [4.78, 5) is 24.9. The summed E-state index contributed by atoms with van der Waals surface area (Å²) in [5.41, 5.74) is 1.88. The van der Waals surface area contributed by atoms with Gasteiger partial charge in [-0.1, -0.05) is 61.8 Å². The van der Waals surface area contributed by atoms with E-state index >= 15 is 0 Å². The first-order chi connectivity index (χ1) is 15.6. The lowest BCUT2D eigenvalue weighted by Gasteiger charge is -2.19. The molecule has 0 fully saturated rings. The Morgan fingerprint density at radius 2 is 1.70 bits per heavy atom. The molecular weight excluding hydrogens is 594 g/mol. The lowest BCUT2D eigenvalue weighted by molar-refractivity contribution is -0.112. The number of hydrogen-bond acceptors (Lipinski definition) is 5. The first-order valence-corrected chi connectivity index (χ1v) is 13.5. The molecule has 0 aliphatic carbocycles. The normalized spacial score (nSPS) is 14.6. The van der Waals surface area contributed by atoms with E-state index in [0.29, 0.717) is 35.6 Å². The van der Waals surface area contributed by atoms with Crippen LogP contribution in [0.2, 0.25) is 0 Å². The number of rotatable bonds is 5. The monoisotopic (exact) mass is 607 g/mol. The third-order valence-corrected chi connectivity index (χ3v) is 9.08. The standard InChI is InChI=1S/C23H15Br2NO5S2/c24-17-2-1-3-18(25)16(17)12-33(30,31)15-8-9-20-19(11-15)26-22(27)21(32-20)10-13-4-6-14(7-5-13)23(28)29/h1-11H,12H2,(H,26,27)(H,28,29). The number of aromatic carboxylic acids is 1. The molecular formula is C23H15Br2NO5S2. The topological polar surface area (TPSA) is 101 Å². The first-order valence-electron chi connectivity index (χ1n) is 9.48. The van der Waals surface area contributed by atoms with Gasteiger partial charge in [0.1, 0.15) is 0 Å². The van der Waals surface area contributed by atoms with E-state index in [0.717, 1.165) is 0 Å². The Hall–Kier alpha value is -2.40. The van der Waals surface area contributed by atoms with E-state index in [4.69, 9.17) is 5.11 Å². The fourth-order valence-electron chi connectivity index (χ4n) is 3.15. The molecule has 1 amide bonds. The minimum absolute atomic E-state index is 0.112. The van der Waals surface area contributed by atoms with E-state index in [9.17, 15) is 18.0 Å². The van der Waals surface area contributed by atoms with E-state index in [-0.39, 0.29) is 22.1 Å². The maximum atomic E-state index is 13.0. The molecule has 0 saturated heterocycles. The van der Waals surface area contributed by atoms with Crippen LogP contribution in [-0.2, 0) is 20.4 Å². The minimum Gasteiger partial charge on any atom is -0.478 e. The zero-order valence-electron chi connectivity index (χ0n) is 16.7. The number of fused-ring (bicyclic) bond motifs is 1. The highest BCUT2D eigenvalue weighted by Crippen LogP contribution is 2.40. The number of sulfone groups is 1. The Balaban J connectivity index is 1.59. The molecule has 1 aliphatic rings. The van der Waals surface area contributed by atoms with E-state index in [1.165, 1.54) is 36.0 Å². The summed E-state index contributed by atoms with van der Waals surface area (Å²) in [6.45, 7) is 0. The van der Waals surface area contributed by atoms with E-state index in [1.54, 1.807) is 36.4 Å². The van der Waals surface area contributed by atoms with Crippen molar-refractivity contribution < 1.29 is 23.1 Å². The van der Waals surface area contributed by atoms with Crippen LogP contribution in [0.15, 0.2) is 84.3 Å². The molecule has 0 spiro atoms. The molecule has 0 bridgehead atoms. The summed E-state index contributed by atoms with van der Waals surface area (Å²) in [6.07, 6.45) is 1.66. The molecule has 0 unspecified atom stereocenters. The van der Waals surface area contributed by atoms with Crippen LogP contribution in [0.25, 0.3) is 6.08 Å². The predicted molar refractivity (Wildman–Crippen MR) is 135 cm³/mol. The lowest BCUT2D eigenvalue weighted by Crippen LogP contribution is -2.18. The molecule has 10 heteroatoms. The van der Waals surface area contributed by atoms with Crippen LogP contribution in [0.1, 0.15) is 21.5 Å². The second-order valence-corrected chi connectivity index (χ2v) is 11.9. The van der Waals surface area contributed by atoms with Crippen LogP contribution in [0.3, 0.4) is 0 Å². The van der Waals surface area contributed by atoms with Gasteiger partial charge in [-0.2, -0.15) is 0 Å². The van der Waals surface area contributed by atoms with Crippen molar-refractivity contribution in [3.8, 4) is 0 Å². The fourth-order valence-corrected chi connectivity index (χ4v) is 7.16. The summed E-state index contributed by atoms with van der Waals surface area (Å²) >= 11 is 8.01. The van der Waals surface area contributed by atoms with Crippen LogP contribution in [0.5, 0.6) is 0 Å². The van der Waals surface area contributed by atoms with Crippen molar-refractivity contribution >= 4 is 77.1 Å². The molecule has 6 nitrogen and oxygen atoms in total. The SMILES string of the molecule is O=C1Nc2cc(S(=O)(=O)Cc3c(Br)cccc3Br)ccc2SC1=Cc1ccc(C(=O)O)cc1. The third kappa shape index (κ3) is 5.24. The number of carboxylic acid groups (broad SMARTS) is 1. The van der Waals surface area contributed by atoms with E-state index in [2.05, 4.69) is 37.2 Å². The van der Waals surface area contributed by atoms with Crippen molar-refractivity contribution in [3.63, 3.8) is 0 Å². The van der Waals surface area contributed by atoms with Gasteiger partial charge >= 0.3 is 5.97 Å². The Kier molecular flexibility index (Phi) is 6.81. The highest BCUT2D eigenvalue weighted by atomic mass is 79.9. The van der Waals surface area contributed by atoms with Gasteiger partial charge in [-0.25, -0.2) is 13.2 Å². The Morgan fingerprint density at radius 3 is 2.33 bits per heavy atom. The van der Waals surface area contributed by atoms with Crippen molar-refractivity contribution in [1.29, 1.82) is 0 Å². The molecule has 0 aromatic heterocycles. The van der Waals surface area contributed by atoms with Gasteiger partial charge in [0, 0.05) is 13.8 Å². The molecule has 0 atom stereocenters. The minimum atomic E-state index is -3.67. The summed E-state index contributed by atoms with van der Waals surface area (Å²) in [5, 5.41) is 11.8. The first kappa shape index (κ1) is 23.7. The highest BCUT2D eigenvalue weighted by Gasteiger charge is 2.25. The van der Waals surface area contributed by atoms with Gasteiger partial charge in [0.05, 0.1) is 26.8 Å². The maximum Gasteiger partial charge on any atom is 0.335 e. The molecule has 4 rings (SSSR count). The average molecular weight is 609 g/mol. The Morgan fingerprint density at radius 1 is 1.03 bits per heavy atom. The largest absolute Gasteiger partial charge is 0.478 e. The summed E-state index contributed by atoms with van der Waals surface area (Å²) < 4.78 is 27.5. The zero-order chi connectivity index (χ0) is 23.8. The number of thioether (sulfide) groups is 1. The number of halogens is 2. The summed E-state index contributed by atoms with van der Waals surface area (Å²) in [6, 6.07) is 16.2. The van der Waals surface area contributed by atoms with Crippen LogP contribution in [-0.4, -0.2) is 25.4 Å². The van der Waals surface area contributed by atoms with Gasteiger partial charge < -0.3 is 10.4 Å². The number of amides is 1. The van der Waals surface area contributed by atoms with Gasteiger partial charge in [-0.05, 0) is 59.7 Å². The molecule has 33 heavy (non-hydrogen) atoms. The number of nitrogens with one attached hydrogen (secondary N) is 1. The predicted octanol–water partition coefficient (Wildman–Crippen LogP) is 5.97.